The smallest absolute Gasteiger partial charge is 0.264 e. The Labute approximate surface area is 222 Å². The highest BCUT2D eigenvalue weighted by Crippen LogP contribution is 2.30. The number of aryl methyl sites for hydroxylation is 1. The Kier molecular flexibility index (Phi) is 9.18. The molecule has 0 radical (unpaired) electrons. The lowest BCUT2D eigenvalue weighted by Gasteiger charge is -2.32. The van der Waals surface area contributed by atoms with Gasteiger partial charge in [-0.1, -0.05) is 48.0 Å². The maximum atomic E-state index is 13.8. The zero-order valence-electron chi connectivity index (χ0n) is 21.1. The van der Waals surface area contributed by atoms with Crippen molar-refractivity contribution in [1.29, 1.82) is 0 Å². The summed E-state index contributed by atoms with van der Waals surface area (Å²) in [6, 6.07) is 18.9. The van der Waals surface area contributed by atoms with Gasteiger partial charge in [-0.3, -0.25) is 13.9 Å². The van der Waals surface area contributed by atoms with E-state index < -0.39 is 28.5 Å². The fourth-order valence-corrected chi connectivity index (χ4v) is 5.46. The van der Waals surface area contributed by atoms with Crippen LogP contribution in [-0.4, -0.2) is 51.9 Å². The average molecular weight is 544 g/mol. The van der Waals surface area contributed by atoms with Gasteiger partial charge in [-0.15, -0.1) is 0 Å². The summed E-state index contributed by atoms with van der Waals surface area (Å²) in [6.45, 7) is 2.90. The number of nitrogens with zero attached hydrogens (tertiary/aromatic N) is 2. The van der Waals surface area contributed by atoms with Gasteiger partial charge in [0.25, 0.3) is 10.0 Å². The third-order valence-corrected chi connectivity index (χ3v) is 7.98. The van der Waals surface area contributed by atoms with Crippen molar-refractivity contribution in [3.63, 3.8) is 0 Å². The molecule has 8 nitrogen and oxygen atoms in total. The molecular weight excluding hydrogens is 514 g/mol. The molecule has 0 aliphatic carbocycles. The number of likely N-dealkylation sites (N-methyl/N-ethyl adjacent to an activating group) is 1. The van der Waals surface area contributed by atoms with E-state index in [1.807, 2.05) is 0 Å². The second-order valence-electron chi connectivity index (χ2n) is 8.42. The van der Waals surface area contributed by atoms with Gasteiger partial charge in [-0.25, -0.2) is 8.42 Å². The number of nitrogens with one attached hydrogen (secondary N) is 1. The molecule has 10 heteroatoms. The maximum Gasteiger partial charge on any atom is 0.264 e. The summed E-state index contributed by atoms with van der Waals surface area (Å²) in [5.74, 6) is -0.276. The van der Waals surface area contributed by atoms with E-state index in [2.05, 4.69) is 5.32 Å². The molecule has 37 heavy (non-hydrogen) atoms. The van der Waals surface area contributed by atoms with Crippen LogP contribution in [0.2, 0.25) is 5.02 Å². The lowest BCUT2D eigenvalue weighted by molar-refractivity contribution is -0.139. The number of ether oxygens (including phenoxy) is 1. The summed E-state index contributed by atoms with van der Waals surface area (Å²) in [6.07, 6.45) is 0. The number of methoxy groups -OCH3 is 1. The summed E-state index contributed by atoms with van der Waals surface area (Å²) in [5, 5.41) is 2.89. The predicted octanol–water partition coefficient (Wildman–Crippen LogP) is 4.02. The topological polar surface area (TPSA) is 96.0 Å². The molecule has 0 unspecified atom stereocenters. The molecule has 0 bridgehead atoms. The van der Waals surface area contributed by atoms with Crippen molar-refractivity contribution in [3.8, 4) is 5.75 Å². The van der Waals surface area contributed by atoms with Gasteiger partial charge in [-0.2, -0.15) is 0 Å². The number of hydrogen-bond donors (Lipinski definition) is 1. The highest BCUT2D eigenvalue weighted by Gasteiger charge is 2.33. The quantitative estimate of drug-likeness (QED) is 0.417. The SMILES string of the molecule is CNC(=O)[C@@H](C)N(Cc1ccc(OC)cc1)C(=O)CN(c1cc(Cl)ccc1C)S(=O)(=O)c1ccccc1. The number of rotatable bonds is 10. The molecule has 196 valence electrons. The van der Waals surface area contributed by atoms with E-state index in [1.54, 1.807) is 75.6 Å². The first-order valence-corrected chi connectivity index (χ1v) is 13.4. The van der Waals surface area contributed by atoms with Crippen molar-refractivity contribution in [2.24, 2.45) is 0 Å². The fourth-order valence-electron chi connectivity index (χ4n) is 3.80. The van der Waals surface area contributed by atoms with Crippen LogP contribution in [-0.2, 0) is 26.2 Å². The van der Waals surface area contributed by atoms with Crippen LogP contribution in [0.15, 0.2) is 77.7 Å². The summed E-state index contributed by atoms with van der Waals surface area (Å²) < 4.78 is 33.8. The van der Waals surface area contributed by atoms with E-state index in [4.69, 9.17) is 16.3 Å². The minimum Gasteiger partial charge on any atom is -0.497 e. The number of sulfonamides is 1. The molecule has 0 heterocycles. The average Bonchev–Trinajstić information content (AvgIpc) is 2.91. The fraction of sp³-hybridized carbons (Fsp3) is 0.259. The first-order chi connectivity index (χ1) is 17.6. The molecule has 0 aliphatic heterocycles. The molecule has 0 spiro atoms. The van der Waals surface area contributed by atoms with Crippen LogP contribution < -0.4 is 14.4 Å². The number of carbonyl (C=O) groups excluding carboxylic acids is 2. The van der Waals surface area contributed by atoms with Gasteiger partial charge >= 0.3 is 0 Å². The van der Waals surface area contributed by atoms with Crippen molar-refractivity contribution in [3.05, 3.63) is 88.9 Å². The van der Waals surface area contributed by atoms with Crippen LogP contribution in [0.5, 0.6) is 5.75 Å². The number of carbonyl (C=O) groups is 2. The second kappa shape index (κ2) is 12.1. The zero-order chi connectivity index (χ0) is 27.2. The largest absolute Gasteiger partial charge is 0.497 e. The number of benzene rings is 3. The molecule has 0 fully saturated rings. The summed E-state index contributed by atoms with van der Waals surface area (Å²) in [5.41, 5.74) is 1.65. The normalized spacial score (nSPS) is 11.9. The summed E-state index contributed by atoms with van der Waals surface area (Å²) >= 11 is 6.22. The number of hydrogen-bond acceptors (Lipinski definition) is 5. The Bertz CT molecular complexity index is 1350. The van der Waals surface area contributed by atoms with Crippen LogP contribution in [0.1, 0.15) is 18.1 Å². The van der Waals surface area contributed by atoms with Gasteiger partial charge in [-0.05, 0) is 61.4 Å². The Balaban J connectivity index is 2.05. The minimum atomic E-state index is -4.15. The van der Waals surface area contributed by atoms with Gasteiger partial charge in [0.2, 0.25) is 11.8 Å². The molecular formula is C27H30ClN3O5S. The van der Waals surface area contributed by atoms with Crippen molar-refractivity contribution in [1.82, 2.24) is 10.2 Å². The maximum absolute atomic E-state index is 13.8. The van der Waals surface area contributed by atoms with Crippen LogP contribution in [0.4, 0.5) is 5.69 Å². The van der Waals surface area contributed by atoms with E-state index in [0.717, 1.165) is 9.87 Å². The van der Waals surface area contributed by atoms with Gasteiger partial charge in [0.05, 0.1) is 17.7 Å². The Morgan fingerprint density at radius 1 is 1.03 bits per heavy atom. The van der Waals surface area contributed by atoms with E-state index in [-0.39, 0.29) is 23.0 Å². The minimum absolute atomic E-state index is 0.0308. The molecule has 1 N–H and O–H groups in total. The van der Waals surface area contributed by atoms with Gasteiger partial charge in [0.15, 0.2) is 0 Å². The molecule has 0 aliphatic rings. The summed E-state index contributed by atoms with van der Waals surface area (Å²) in [7, 11) is -1.11. The van der Waals surface area contributed by atoms with Crippen molar-refractivity contribution in [2.75, 3.05) is 25.0 Å². The monoisotopic (exact) mass is 543 g/mol. The lowest BCUT2D eigenvalue weighted by Crippen LogP contribution is -2.50. The number of amides is 2. The lowest BCUT2D eigenvalue weighted by atomic mass is 10.1. The van der Waals surface area contributed by atoms with Crippen LogP contribution in [0.25, 0.3) is 0 Å². The van der Waals surface area contributed by atoms with Crippen LogP contribution in [0, 0.1) is 6.92 Å². The Morgan fingerprint density at radius 3 is 2.27 bits per heavy atom. The molecule has 3 aromatic rings. The third-order valence-electron chi connectivity index (χ3n) is 5.98. The van der Waals surface area contributed by atoms with Crippen LogP contribution in [0.3, 0.4) is 0 Å². The Hall–Kier alpha value is -3.56. The van der Waals surface area contributed by atoms with E-state index in [9.17, 15) is 18.0 Å². The summed E-state index contributed by atoms with van der Waals surface area (Å²) in [4.78, 5) is 27.7. The highest BCUT2D eigenvalue weighted by molar-refractivity contribution is 7.92. The molecule has 0 saturated carbocycles. The molecule has 0 saturated heterocycles. The van der Waals surface area contributed by atoms with Crippen molar-refractivity contribution < 1.29 is 22.7 Å². The molecule has 0 aromatic heterocycles. The van der Waals surface area contributed by atoms with E-state index in [1.165, 1.54) is 30.1 Å². The predicted molar refractivity (Wildman–Crippen MR) is 144 cm³/mol. The third kappa shape index (κ3) is 6.61. The van der Waals surface area contributed by atoms with Gasteiger partial charge in [0, 0.05) is 18.6 Å². The van der Waals surface area contributed by atoms with Crippen LogP contribution >= 0.6 is 11.6 Å². The van der Waals surface area contributed by atoms with Crippen molar-refractivity contribution in [2.45, 2.75) is 31.3 Å². The first kappa shape index (κ1) is 28.0. The highest BCUT2D eigenvalue weighted by atomic mass is 35.5. The Morgan fingerprint density at radius 2 is 1.68 bits per heavy atom. The zero-order valence-corrected chi connectivity index (χ0v) is 22.7. The van der Waals surface area contributed by atoms with E-state index >= 15 is 0 Å². The molecule has 2 amide bonds. The number of anilines is 1. The molecule has 1 atom stereocenters. The number of halogens is 1. The van der Waals surface area contributed by atoms with Crippen molar-refractivity contribution >= 4 is 39.1 Å². The molecule has 3 aromatic carbocycles. The van der Waals surface area contributed by atoms with Gasteiger partial charge < -0.3 is 15.0 Å². The first-order valence-electron chi connectivity index (χ1n) is 11.6. The second-order valence-corrected chi connectivity index (χ2v) is 10.7. The molecule has 3 rings (SSSR count). The standard InChI is InChI=1S/C27H30ClN3O5S/c1-19-10-13-22(28)16-25(19)31(37(34,35)24-8-6-5-7-9-24)18-26(32)30(20(2)27(33)29-3)17-21-11-14-23(36-4)15-12-21/h5-16,20H,17-18H2,1-4H3,(H,29,33)/t20-/m1/s1. The van der Waals surface area contributed by atoms with E-state index in [0.29, 0.717) is 16.3 Å². The van der Waals surface area contributed by atoms with Gasteiger partial charge in [0.1, 0.15) is 18.3 Å².